The molecule has 0 spiro atoms. The minimum absolute atomic E-state index is 0.223. The summed E-state index contributed by atoms with van der Waals surface area (Å²) < 4.78 is 5.14. The Labute approximate surface area is 125 Å². The molecule has 1 saturated heterocycles. The molecule has 2 heterocycles. The number of carbonyl (C=O) groups is 1. The van der Waals surface area contributed by atoms with Crippen molar-refractivity contribution in [3.05, 3.63) is 11.7 Å². The van der Waals surface area contributed by atoms with E-state index in [4.69, 9.17) is 4.52 Å². The SMILES string of the molecule is CCN(CC)C(=O)CN1CCN(Cc2nc(C)no2)CC1. The minimum atomic E-state index is 0.223. The summed E-state index contributed by atoms with van der Waals surface area (Å²) in [6, 6.07) is 0. The monoisotopic (exact) mass is 295 g/mol. The van der Waals surface area contributed by atoms with Crippen molar-refractivity contribution in [2.24, 2.45) is 0 Å². The maximum absolute atomic E-state index is 12.1. The quantitative estimate of drug-likeness (QED) is 0.755. The minimum Gasteiger partial charge on any atom is -0.342 e. The largest absolute Gasteiger partial charge is 0.342 e. The maximum atomic E-state index is 12.1. The van der Waals surface area contributed by atoms with Crippen molar-refractivity contribution < 1.29 is 9.32 Å². The molecule has 0 aliphatic carbocycles. The van der Waals surface area contributed by atoms with Crippen LogP contribution >= 0.6 is 0 Å². The van der Waals surface area contributed by atoms with Gasteiger partial charge in [-0.05, 0) is 20.8 Å². The topological polar surface area (TPSA) is 65.7 Å². The number of hydrogen-bond acceptors (Lipinski definition) is 6. The molecule has 0 unspecified atom stereocenters. The smallest absolute Gasteiger partial charge is 0.240 e. The van der Waals surface area contributed by atoms with E-state index >= 15 is 0 Å². The zero-order valence-electron chi connectivity index (χ0n) is 13.2. The van der Waals surface area contributed by atoms with E-state index in [-0.39, 0.29) is 5.91 Å². The Balaban J connectivity index is 1.74. The van der Waals surface area contributed by atoms with Crippen LogP contribution in [-0.2, 0) is 11.3 Å². The van der Waals surface area contributed by atoms with Crippen LogP contribution in [0.2, 0.25) is 0 Å². The third-order valence-corrected chi connectivity index (χ3v) is 3.87. The molecule has 0 atom stereocenters. The molecule has 1 amide bonds. The lowest BCUT2D eigenvalue weighted by Gasteiger charge is -2.34. The average molecular weight is 295 g/mol. The summed E-state index contributed by atoms with van der Waals surface area (Å²) in [5.74, 6) is 1.56. The summed E-state index contributed by atoms with van der Waals surface area (Å²) >= 11 is 0. The van der Waals surface area contributed by atoms with Crippen LogP contribution in [0.25, 0.3) is 0 Å². The molecule has 0 saturated carbocycles. The van der Waals surface area contributed by atoms with Gasteiger partial charge in [0, 0.05) is 39.3 Å². The van der Waals surface area contributed by atoms with Crippen LogP contribution in [0.3, 0.4) is 0 Å². The number of aromatic nitrogens is 2. The Morgan fingerprint density at radius 1 is 1.19 bits per heavy atom. The Bertz CT molecular complexity index is 450. The fourth-order valence-corrected chi connectivity index (χ4v) is 2.57. The predicted molar refractivity (Wildman–Crippen MR) is 78.7 cm³/mol. The van der Waals surface area contributed by atoms with Gasteiger partial charge in [0.1, 0.15) is 0 Å². The second kappa shape index (κ2) is 7.51. The highest BCUT2D eigenvalue weighted by Gasteiger charge is 2.21. The Morgan fingerprint density at radius 2 is 1.81 bits per heavy atom. The van der Waals surface area contributed by atoms with Crippen LogP contribution in [0.4, 0.5) is 0 Å². The van der Waals surface area contributed by atoms with Crippen LogP contribution in [0.1, 0.15) is 25.6 Å². The molecule has 1 aliphatic heterocycles. The van der Waals surface area contributed by atoms with Crippen molar-refractivity contribution >= 4 is 5.91 Å². The second-order valence-electron chi connectivity index (χ2n) is 5.35. The molecule has 2 rings (SSSR count). The van der Waals surface area contributed by atoms with Gasteiger partial charge in [0.2, 0.25) is 11.8 Å². The van der Waals surface area contributed by atoms with Gasteiger partial charge in [0.25, 0.3) is 0 Å². The van der Waals surface area contributed by atoms with E-state index in [1.54, 1.807) is 0 Å². The highest BCUT2D eigenvalue weighted by Crippen LogP contribution is 2.07. The van der Waals surface area contributed by atoms with Gasteiger partial charge >= 0.3 is 0 Å². The van der Waals surface area contributed by atoms with Gasteiger partial charge < -0.3 is 9.42 Å². The van der Waals surface area contributed by atoms with Crippen LogP contribution in [0, 0.1) is 6.92 Å². The molecule has 7 nitrogen and oxygen atoms in total. The Kier molecular flexibility index (Phi) is 5.69. The zero-order valence-corrected chi connectivity index (χ0v) is 13.2. The van der Waals surface area contributed by atoms with Gasteiger partial charge in [-0.3, -0.25) is 14.6 Å². The van der Waals surface area contributed by atoms with Crippen molar-refractivity contribution in [3.8, 4) is 0 Å². The van der Waals surface area contributed by atoms with Gasteiger partial charge in [-0.2, -0.15) is 4.98 Å². The van der Waals surface area contributed by atoms with Crippen molar-refractivity contribution in [1.82, 2.24) is 24.8 Å². The van der Waals surface area contributed by atoms with E-state index in [0.29, 0.717) is 24.8 Å². The lowest BCUT2D eigenvalue weighted by molar-refractivity contribution is -0.132. The van der Waals surface area contributed by atoms with Crippen LogP contribution in [0.15, 0.2) is 4.52 Å². The van der Waals surface area contributed by atoms with E-state index in [9.17, 15) is 4.79 Å². The first-order chi connectivity index (χ1) is 10.1. The molecular formula is C14H25N5O2. The molecule has 0 N–H and O–H groups in total. The summed E-state index contributed by atoms with van der Waals surface area (Å²) in [5.41, 5.74) is 0. The fourth-order valence-electron chi connectivity index (χ4n) is 2.57. The summed E-state index contributed by atoms with van der Waals surface area (Å²) in [6.45, 7) is 12.3. The number of carbonyl (C=O) groups excluding carboxylic acids is 1. The third-order valence-electron chi connectivity index (χ3n) is 3.87. The molecule has 0 bridgehead atoms. The van der Waals surface area contributed by atoms with Gasteiger partial charge in [-0.15, -0.1) is 0 Å². The maximum Gasteiger partial charge on any atom is 0.240 e. The summed E-state index contributed by atoms with van der Waals surface area (Å²) in [5, 5.41) is 3.80. The summed E-state index contributed by atoms with van der Waals surface area (Å²) in [6.07, 6.45) is 0. The first-order valence-electron chi connectivity index (χ1n) is 7.64. The van der Waals surface area contributed by atoms with Gasteiger partial charge in [0.05, 0.1) is 13.1 Å². The molecule has 118 valence electrons. The Hall–Kier alpha value is -1.47. The van der Waals surface area contributed by atoms with Crippen molar-refractivity contribution in [2.75, 3.05) is 45.8 Å². The standard InChI is InChI=1S/C14H25N5O2/c1-4-19(5-2)14(20)11-18-8-6-17(7-9-18)10-13-15-12(3)16-21-13/h4-11H2,1-3H3. The number of piperazine rings is 1. The fraction of sp³-hybridized carbons (Fsp3) is 0.786. The number of likely N-dealkylation sites (N-methyl/N-ethyl adjacent to an activating group) is 1. The van der Waals surface area contributed by atoms with E-state index < -0.39 is 0 Å². The first kappa shape index (κ1) is 15.9. The second-order valence-corrected chi connectivity index (χ2v) is 5.35. The number of nitrogens with zero attached hydrogens (tertiary/aromatic N) is 5. The molecule has 1 aromatic heterocycles. The van der Waals surface area contributed by atoms with Crippen LogP contribution < -0.4 is 0 Å². The number of amides is 1. The van der Waals surface area contributed by atoms with Crippen LogP contribution in [-0.4, -0.2) is 76.6 Å². The highest BCUT2D eigenvalue weighted by molar-refractivity contribution is 5.78. The molecule has 0 aromatic carbocycles. The van der Waals surface area contributed by atoms with Crippen LogP contribution in [0.5, 0.6) is 0 Å². The molecule has 1 fully saturated rings. The molecular weight excluding hydrogens is 270 g/mol. The number of hydrogen-bond donors (Lipinski definition) is 0. The summed E-state index contributed by atoms with van der Waals surface area (Å²) in [4.78, 5) is 22.7. The first-order valence-corrected chi connectivity index (χ1v) is 7.64. The average Bonchev–Trinajstić information content (AvgIpc) is 2.88. The summed E-state index contributed by atoms with van der Waals surface area (Å²) in [7, 11) is 0. The van der Waals surface area contributed by atoms with Crippen molar-refractivity contribution in [2.45, 2.75) is 27.3 Å². The van der Waals surface area contributed by atoms with Gasteiger partial charge in [-0.1, -0.05) is 5.16 Å². The Morgan fingerprint density at radius 3 is 2.33 bits per heavy atom. The normalized spacial score (nSPS) is 17.1. The number of aryl methyl sites for hydroxylation is 1. The van der Waals surface area contributed by atoms with Gasteiger partial charge in [-0.25, -0.2) is 0 Å². The number of rotatable bonds is 6. The van der Waals surface area contributed by atoms with E-state index in [1.165, 1.54) is 0 Å². The van der Waals surface area contributed by atoms with Crippen molar-refractivity contribution in [3.63, 3.8) is 0 Å². The van der Waals surface area contributed by atoms with E-state index in [1.807, 2.05) is 25.7 Å². The predicted octanol–water partition coefficient (Wildman–Crippen LogP) is 0.364. The molecule has 1 aliphatic rings. The van der Waals surface area contributed by atoms with E-state index in [0.717, 1.165) is 39.3 Å². The van der Waals surface area contributed by atoms with E-state index in [2.05, 4.69) is 19.9 Å². The third kappa shape index (κ3) is 4.50. The lowest BCUT2D eigenvalue weighted by atomic mass is 10.3. The molecule has 1 aromatic rings. The van der Waals surface area contributed by atoms with Crippen molar-refractivity contribution in [1.29, 1.82) is 0 Å². The zero-order chi connectivity index (χ0) is 15.2. The van der Waals surface area contributed by atoms with Gasteiger partial charge in [0.15, 0.2) is 5.82 Å². The highest BCUT2D eigenvalue weighted by atomic mass is 16.5. The lowest BCUT2D eigenvalue weighted by Crippen LogP contribution is -2.49. The molecule has 21 heavy (non-hydrogen) atoms. The molecule has 0 radical (unpaired) electrons. The molecule has 7 heteroatoms.